The van der Waals surface area contributed by atoms with Crippen molar-refractivity contribution in [2.24, 2.45) is 0 Å². The van der Waals surface area contributed by atoms with E-state index in [0.717, 1.165) is 12.5 Å². The topological polar surface area (TPSA) is 76.1 Å². The van der Waals surface area contributed by atoms with E-state index < -0.39 is 24.9 Å². The number of nitrogens with zero attached hydrogens (tertiary/aromatic N) is 2. The van der Waals surface area contributed by atoms with Gasteiger partial charge >= 0.3 is 6.18 Å². The molecule has 0 spiro atoms. The summed E-state index contributed by atoms with van der Waals surface area (Å²) >= 11 is 6.82. The van der Waals surface area contributed by atoms with Crippen LogP contribution in [-0.2, 0) is 15.5 Å². The Bertz CT molecular complexity index is 1350. The summed E-state index contributed by atoms with van der Waals surface area (Å²) in [4.78, 5) is 9.07. The summed E-state index contributed by atoms with van der Waals surface area (Å²) in [6.07, 6.45) is -3.64. The van der Waals surface area contributed by atoms with E-state index in [1.165, 1.54) is 13.0 Å². The van der Waals surface area contributed by atoms with Crippen molar-refractivity contribution in [3.8, 4) is 0 Å². The maximum absolute atomic E-state index is 13.5. The van der Waals surface area contributed by atoms with Crippen LogP contribution in [0.15, 0.2) is 24.3 Å². The lowest BCUT2D eigenvalue weighted by Gasteiger charge is -2.24. The Labute approximate surface area is 213 Å². The number of ether oxygens (including phenoxy) is 1. The second-order valence-corrected chi connectivity index (χ2v) is 13.1. The lowest BCUT2D eigenvalue weighted by molar-refractivity contribution is -0.138. The SMILES string of the molecule is Cc1nc(NC(C)c2cccc(C(F)(F)F)c2C)c2cc(N[C@H]3CCOC3)c(P(C)(C)=O)c(Cl)c2n1. The van der Waals surface area contributed by atoms with Gasteiger partial charge in [-0.3, -0.25) is 0 Å². The van der Waals surface area contributed by atoms with Crippen LogP contribution in [0.4, 0.5) is 24.7 Å². The molecule has 1 saturated heterocycles. The van der Waals surface area contributed by atoms with Crippen LogP contribution in [0.5, 0.6) is 0 Å². The van der Waals surface area contributed by atoms with Crippen LogP contribution >= 0.6 is 18.7 Å². The number of aryl methyl sites for hydroxylation is 1. The van der Waals surface area contributed by atoms with E-state index in [9.17, 15) is 17.7 Å². The predicted molar refractivity (Wildman–Crippen MR) is 139 cm³/mol. The van der Waals surface area contributed by atoms with E-state index in [2.05, 4.69) is 20.6 Å². The van der Waals surface area contributed by atoms with Gasteiger partial charge in [-0.1, -0.05) is 23.7 Å². The fourth-order valence-electron chi connectivity index (χ4n) is 4.66. The monoisotopic (exact) mass is 540 g/mol. The highest BCUT2D eigenvalue weighted by molar-refractivity contribution is 7.70. The number of benzene rings is 2. The van der Waals surface area contributed by atoms with Gasteiger partial charge in [-0.25, -0.2) is 9.97 Å². The van der Waals surface area contributed by atoms with Crippen LogP contribution in [-0.4, -0.2) is 42.6 Å². The van der Waals surface area contributed by atoms with E-state index in [1.54, 1.807) is 33.2 Å². The Balaban J connectivity index is 1.83. The maximum atomic E-state index is 13.5. The zero-order valence-electron chi connectivity index (χ0n) is 20.8. The summed E-state index contributed by atoms with van der Waals surface area (Å²) in [7, 11) is -2.81. The Hall–Kier alpha value is -2.35. The minimum atomic E-state index is -4.44. The summed E-state index contributed by atoms with van der Waals surface area (Å²) in [5.74, 6) is 0.862. The third-order valence-corrected chi connectivity index (χ3v) is 8.39. The van der Waals surface area contributed by atoms with Gasteiger partial charge in [0.1, 0.15) is 18.8 Å². The molecule has 1 unspecified atom stereocenters. The van der Waals surface area contributed by atoms with E-state index in [0.29, 0.717) is 52.3 Å². The maximum Gasteiger partial charge on any atom is 0.416 e. The van der Waals surface area contributed by atoms with Crippen LogP contribution in [0, 0.1) is 13.8 Å². The highest BCUT2D eigenvalue weighted by atomic mass is 35.5. The summed E-state index contributed by atoms with van der Waals surface area (Å²) in [5, 5.41) is 8.06. The summed E-state index contributed by atoms with van der Waals surface area (Å²) < 4.78 is 59.2. The van der Waals surface area contributed by atoms with Gasteiger partial charge in [0.05, 0.1) is 40.1 Å². The fourth-order valence-corrected chi connectivity index (χ4v) is 6.80. The number of hydrogen-bond acceptors (Lipinski definition) is 6. The normalized spacial score (nSPS) is 17.4. The highest BCUT2D eigenvalue weighted by Crippen LogP contribution is 2.44. The van der Waals surface area contributed by atoms with Gasteiger partial charge in [0.25, 0.3) is 0 Å². The Morgan fingerprint density at radius 1 is 1.22 bits per heavy atom. The average molecular weight is 541 g/mol. The minimum absolute atomic E-state index is 0.0401. The number of halogens is 4. The molecule has 4 rings (SSSR count). The van der Waals surface area contributed by atoms with Crippen molar-refractivity contribution >= 4 is 46.5 Å². The van der Waals surface area contributed by atoms with E-state index in [-0.39, 0.29) is 16.6 Å². The smallest absolute Gasteiger partial charge is 0.379 e. The van der Waals surface area contributed by atoms with Gasteiger partial charge in [0, 0.05) is 17.7 Å². The van der Waals surface area contributed by atoms with E-state index in [4.69, 9.17) is 16.3 Å². The van der Waals surface area contributed by atoms with Crippen molar-refractivity contribution < 1.29 is 22.5 Å². The molecule has 2 aromatic carbocycles. The van der Waals surface area contributed by atoms with Crippen molar-refractivity contribution in [1.82, 2.24) is 9.97 Å². The molecule has 2 N–H and O–H groups in total. The van der Waals surface area contributed by atoms with Gasteiger partial charge in [-0.2, -0.15) is 13.2 Å². The number of fused-ring (bicyclic) bond motifs is 1. The molecular weight excluding hydrogens is 512 g/mol. The first-order chi connectivity index (χ1) is 16.8. The van der Waals surface area contributed by atoms with E-state index in [1.807, 2.05) is 6.07 Å². The Morgan fingerprint density at radius 3 is 2.56 bits per heavy atom. The number of rotatable bonds is 6. The van der Waals surface area contributed by atoms with E-state index >= 15 is 0 Å². The molecule has 36 heavy (non-hydrogen) atoms. The minimum Gasteiger partial charge on any atom is -0.379 e. The first kappa shape index (κ1) is 26.7. The predicted octanol–water partition coefficient (Wildman–Crippen LogP) is 6.54. The molecule has 2 heterocycles. The van der Waals surface area contributed by atoms with Crippen molar-refractivity contribution in [1.29, 1.82) is 0 Å². The molecule has 3 aromatic rings. The van der Waals surface area contributed by atoms with Gasteiger partial charge in [-0.15, -0.1) is 0 Å². The van der Waals surface area contributed by atoms with Crippen LogP contribution in [0.25, 0.3) is 10.9 Å². The van der Waals surface area contributed by atoms with Gasteiger partial charge < -0.3 is 19.9 Å². The van der Waals surface area contributed by atoms with Gasteiger partial charge in [-0.05, 0) is 63.8 Å². The number of anilines is 2. The molecule has 0 amide bonds. The average Bonchev–Trinajstić information content (AvgIpc) is 3.26. The molecule has 1 aliphatic heterocycles. The summed E-state index contributed by atoms with van der Waals surface area (Å²) in [5.41, 5.74) is 1.05. The standard InChI is InChI=1S/C25H29ClF3N4O2P/c1-13-17(7-6-8-19(13)25(27,28)29)14(2)30-24-18-11-20(33-16-9-10-35-12-16)23(36(4,5)34)21(26)22(18)31-15(3)32-24/h6-8,11,14,16,33H,9-10,12H2,1-5H3,(H,30,31,32)/t14?,16-/m0/s1. The van der Waals surface area contributed by atoms with Crippen molar-refractivity contribution in [3.63, 3.8) is 0 Å². The number of hydrogen-bond donors (Lipinski definition) is 2. The van der Waals surface area contributed by atoms with Crippen molar-refractivity contribution in [2.45, 2.75) is 45.5 Å². The third kappa shape index (κ3) is 5.34. The summed E-state index contributed by atoms with van der Waals surface area (Å²) in [6.45, 7) is 9.42. The molecule has 2 atom stereocenters. The van der Waals surface area contributed by atoms with Crippen molar-refractivity contribution in [3.05, 3.63) is 51.8 Å². The van der Waals surface area contributed by atoms with Gasteiger partial charge in [0.15, 0.2) is 0 Å². The molecule has 1 aromatic heterocycles. The Morgan fingerprint density at radius 2 is 1.94 bits per heavy atom. The molecule has 0 saturated carbocycles. The first-order valence-corrected chi connectivity index (χ1v) is 14.6. The number of alkyl halides is 3. The fraction of sp³-hybridized carbons (Fsp3) is 0.440. The molecule has 11 heteroatoms. The highest BCUT2D eigenvalue weighted by Gasteiger charge is 2.33. The third-order valence-electron chi connectivity index (χ3n) is 6.35. The molecule has 0 aliphatic carbocycles. The Kier molecular flexibility index (Phi) is 7.30. The largest absolute Gasteiger partial charge is 0.416 e. The molecule has 0 bridgehead atoms. The molecule has 1 aliphatic rings. The van der Waals surface area contributed by atoms with Crippen LogP contribution in [0.2, 0.25) is 5.02 Å². The zero-order chi connectivity index (χ0) is 26.4. The molecule has 0 radical (unpaired) electrons. The second kappa shape index (κ2) is 9.84. The second-order valence-electron chi connectivity index (χ2n) is 9.54. The van der Waals surface area contributed by atoms with Gasteiger partial charge in [0.2, 0.25) is 0 Å². The lowest BCUT2D eigenvalue weighted by Crippen LogP contribution is -2.24. The molecule has 194 valence electrons. The molecule has 6 nitrogen and oxygen atoms in total. The van der Waals surface area contributed by atoms with Crippen LogP contribution in [0.1, 0.15) is 41.9 Å². The molecular formula is C25H29ClF3N4O2P. The van der Waals surface area contributed by atoms with Crippen molar-refractivity contribution in [2.75, 3.05) is 37.2 Å². The number of nitrogens with one attached hydrogen (secondary N) is 2. The summed E-state index contributed by atoms with van der Waals surface area (Å²) in [6, 6.07) is 5.52. The molecule has 1 fully saturated rings. The van der Waals surface area contributed by atoms with Crippen LogP contribution in [0.3, 0.4) is 0 Å². The number of aromatic nitrogens is 2. The first-order valence-electron chi connectivity index (χ1n) is 11.6. The van der Waals surface area contributed by atoms with Crippen LogP contribution < -0.4 is 15.9 Å². The lowest BCUT2D eigenvalue weighted by atomic mass is 9.97. The zero-order valence-corrected chi connectivity index (χ0v) is 22.4. The quantitative estimate of drug-likeness (QED) is 0.346.